The maximum atomic E-state index is 12.8. The van der Waals surface area contributed by atoms with Gasteiger partial charge in [-0.3, -0.25) is 4.98 Å². The van der Waals surface area contributed by atoms with Gasteiger partial charge in [-0.15, -0.1) is 0 Å². The van der Waals surface area contributed by atoms with E-state index < -0.39 is 0 Å². The maximum absolute atomic E-state index is 12.8. The third kappa shape index (κ3) is 3.45. The van der Waals surface area contributed by atoms with Gasteiger partial charge < -0.3 is 19.7 Å². The van der Waals surface area contributed by atoms with Crippen LogP contribution in [-0.4, -0.2) is 41.2 Å². The highest BCUT2D eigenvalue weighted by Crippen LogP contribution is 2.37. The van der Waals surface area contributed by atoms with Crippen LogP contribution in [0, 0.1) is 0 Å². The molecular formula is C20H23N3O3. The molecule has 1 aromatic heterocycles. The Labute approximate surface area is 153 Å². The highest BCUT2D eigenvalue weighted by Gasteiger charge is 2.44. The second-order valence-corrected chi connectivity index (χ2v) is 6.85. The zero-order valence-corrected chi connectivity index (χ0v) is 14.8. The van der Waals surface area contributed by atoms with Crippen molar-refractivity contribution in [3.63, 3.8) is 0 Å². The Hall–Kier alpha value is -2.76. The molecule has 2 fully saturated rings. The van der Waals surface area contributed by atoms with Crippen LogP contribution in [0.3, 0.4) is 0 Å². The molecule has 3 heterocycles. The van der Waals surface area contributed by atoms with E-state index in [-0.39, 0.29) is 24.2 Å². The van der Waals surface area contributed by atoms with Gasteiger partial charge in [0, 0.05) is 49.1 Å². The quantitative estimate of drug-likeness (QED) is 0.910. The van der Waals surface area contributed by atoms with E-state index in [4.69, 9.17) is 9.47 Å². The summed E-state index contributed by atoms with van der Waals surface area (Å²) in [5.74, 6) is 1.58. The number of hydrogen-bond acceptors (Lipinski definition) is 4. The highest BCUT2D eigenvalue weighted by atomic mass is 16.5. The average Bonchev–Trinajstić information content (AvgIpc) is 2.94. The van der Waals surface area contributed by atoms with Gasteiger partial charge in [0.1, 0.15) is 17.6 Å². The zero-order chi connectivity index (χ0) is 17.9. The molecule has 136 valence electrons. The van der Waals surface area contributed by atoms with E-state index in [9.17, 15) is 4.79 Å². The minimum absolute atomic E-state index is 0.0342. The number of amides is 2. The third-order valence-corrected chi connectivity index (χ3v) is 5.20. The lowest BCUT2D eigenvalue weighted by Crippen LogP contribution is -2.50. The van der Waals surface area contributed by atoms with E-state index in [1.165, 1.54) is 0 Å². The first-order valence-electron chi connectivity index (χ1n) is 9.03. The largest absolute Gasteiger partial charge is 0.497 e. The topological polar surface area (TPSA) is 63.7 Å². The molecule has 2 bridgehead atoms. The fraction of sp³-hybridized carbons (Fsp3) is 0.400. The minimum atomic E-state index is -0.0342. The number of fused-ring (bicyclic) bond motifs is 2. The molecule has 2 aliphatic rings. The van der Waals surface area contributed by atoms with Crippen molar-refractivity contribution in [3.05, 3.63) is 48.8 Å². The first kappa shape index (κ1) is 16.7. The summed E-state index contributed by atoms with van der Waals surface area (Å²) in [5, 5.41) is 3.01. The van der Waals surface area contributed by atoms with Crippen molar-refractivity contribution in [2.45, 2.75) is 43.9 Å². The highest BCUT2D eigenvalue weighted by molar-refractivity contribution is 5.90. The SMILES string of the molecule is COc1cccc(NC(=O)N2[C@H]3CC[C@H]2CC(Oc2ccncc2)C3)c1. The molecule has 0 aliphatic carbocycles. The lowest BCUT2D eigenvalue weighted by atomic mass is 10.00. The predicted molar refractivity (Wildman–Crippen MR) is 98.5 cm³/mol. The van der Waals surface area contributed by atoms with Crippen LogP contribution in [0.25, 0.3) is 0 Å². The fourth-order valence-electron chi connectivity index (χ4n) is 4.05. The smallest absolute Gasteiger partial charge is 0.322 e. The van der Waals surface area contributed by atoms with Crippen LogP contribution in [0.4, 0.5) is 10.5 Å². The van der Waals surface area contributed by atoms with Gasteiger partial charge in [-0.2, -0.15) is 0 Å². The summed E-state index contributed by atoms with van der Waals surface area (Å²) in [4.78, 5) is 18.8. The van der Waals surface area contributed by atoms with Gasteiger partial charge in [0.15, 0.2) is 0 Å². The number of benzene rings is 1. The summed E-state index contributed by atoms with van der Waals surface area (Å²) >= 11 is 0. The van der Waals surface area contributed by atoms with Gasteiger partial charge >= 0.3 is 6.03 Å². The Bertz CT molecular complexity index is 754. The third-order valence-electron chi connectivity index (χ3n) is 5.20. The van der Waals surface area contributed by atoms with E-state index in [1.54, 1.807) is 19.5 Å². The summed E-state index contributed by atoms with van der Waals surface area (Å²) in [6.45, 7) is 0. The van der Waals surface area contributed by atoms with Crippen molar-refractivity contribution in [2.75, 3.05) is 12.4 Å². The number of carbonyl (C=O) groups is 1. The van der Waals surface area contributed by atoms with Crippen molar-refractivity contribution < 1.29 is 14.3 Å². The van der Waals surface area contributed by atoms with Crippen LogP contribution in [0.2, 0.25) is 0 Å². The molecule has 2 saturated heterocycles. The molecule has 6 heteroatoms. The lowest BCUT2D eigenvalue weighted by molar-refractivity contribution is 0.0732. The first-order chi connectivity index (χ1) is 12.7. The number of ether oxygens (including phenoxy) is 2. The Kier molecular flexibility index (Phi) is 4.65. The molecule has 2 amide bonds. The molecule has 2 atom stereocenters. The molecule has 1 N–H and O–H groups in total. The molecule has 0 saturated carbocycles. The number of nitrogens with one attached hydrogen (secondary N) is 1. The number of carbonyl (C=O) groups excluding carboxylic acids is 1. The van der Waals surface area contributed by atoms with Crippen LogP contribution in [0.5, 0.6) is 11.5 Å². The van der Waals surface area contributed by atoms with Crippen LogP contribution >= 0.6 is 0 Å². The average molecular weight is 353 g/mol. The summed E-state index contributed by atoms with van der Waals surface area (Å²) in [6, 6.07) is 11.6. The molecule has 0 unspecified atom stereocenters. The monoisotopic (exact) mass is 353 g/mol. The molecule has 2 aromatic rings. The van der Waals surface area contributed by atoms with E-state index in [2.05, 4.69) is 10.3 Å². The second kappa shape index (κ2) is 7.23. The normalized spacial score (nSPS) is 24.2. The number of urea groups is 1. The van der Waals surface area contributed by atoms with Gasteiger partial charge in [0.05, 0.1) is 7.11 Å². The van der Waals surface area contributed by atoms with Gasteiger partial charge in [-0.25, -0.2) is 4.79 Å². The molecule has 1 aromatic carbocycles. The lowest BCUT2D eigenvalue weighted by Gasteiger charge is -2.38. The van der Waals surface area contributed by atoms with E-state index >= 15 is 0 Å². The van der Waals surface area contributed by atoms with E-state index in [0.29, 0.717) is 0 Å². The number of aromatic nitrogens is 1. The Balaban J connectivity index is 1.40. The molecule has 0 spiro atoms. The molecule has 6 nitrogen and oxygen atoms in total. The molecule has 0 radical (unpaired) electrons. The summed E-state index contributed by atoms with van der Waals surface area (Å²) in [5.41, 5.74) is 0.754. The van der Waals surface area contributed by atoms with E-state index in [0.717, 1.165) is 42.9 Å². The molecule has 2 aliphatic heterocycles. The van der Waals surface area contributed by atoms with Crippen molar-refractivity contribution in [2.24, 2.45) is 0 Å². The van der Waals surface area contributed by atoms with Gasteiger partial charge in [-0.1, -0.05) is 6.07 Å². The Morgan fingerprint density at radius 3 is 2.54 bits per heavy atom. The van der Waals surface area contributed by atoms with Crippen molar-refractivity contribution >= 4 is 11.7 Å². The Morgan fingerprint density at radius 2 is 1.85 bits per heavy atom. The summed E-state index contributed by atoms with van der Waals surface area (Å²) in [6.07, 6.45) is 7.42. The summed E-state index contributed by atoms with van der Waals surface area (Å²) in [7, 11) is 1.62. The molecular weight excluding hydrogens is 330 g/mol. The van der Waals surface area contributed by atoms with Crippen LogP contribution in [-0.2, 0) is 0 Å². The second-order valence-electron chi connectivity index (χ2n) is 6.85. The number of nitrogens with zero attached hydrogens (tertiary/aromatic N) is 2. The number of rotatable bonds is 4. The molecule has 4 rings (SSSR count). The van der Waals surface area contributed by atoms with Crippen molar-refractivity contribution in [3.8, 4) is 11.5 Å². The standard InChI is InChI=1S/C20H23N3O3/c1-25-18-4-2-3-14(11-18)22-20(24)23-15-5-6-16(23)13-19(12-15)26-17-7-9-21-10-8-17/h2-4,7-11,15-16,19H,5-6,12-13H2,1H3,(H,22,24)/t15-,16-/m0/s1. The number of hydrogen-bond donors (Lipinski definition) is 1. The fourth-order valence-corrected chi connectivity index (χ4v) is 4.05. The summed E-state index contributed by atoms with van der Waals surface area (Å²) < 4.78 is 11.3. The maximum Gasteiger partial charge on any atom is 0.322 e. The van der Waals surface area contributed by atoms with Crippen LogP contribution < -0.4 is 14.8 Å². The zero-order valence-electron chi connectivity index (χ0n) is 14.8. The van der Waals surface area contributed by atoms with Crippen LogP contribution in [0.1, 0.15) is 25.7 Å². The Morgan fingerprint density at radius 1 is 1.12 bits per heavy atom. The predicted octanol–water partition coefficient (Wildman–Crippen LogP) is 3.70. The number of methoxy groups -OCH3 is 1. The number of pyridine rings is 1. The van der Waals surface area contributed by atoms with Crippen LogP contribution in [0.15, 0.2) is 48.8 Å². The van der Waals surface area contributed by atoms with Crippen molar-refractivity contribution in [1.82, 2.24) is 9.88 Å². The van der Waals surface area contributed by atoms with E-state index in [1.807, 2.05) is 41.3 Å². The molecule has 26 heavy (non-hydrogen) atoms. The number of piperidine rings is 1. The van der Waals surface area contributed by atoms with Crippen molar-refractivity contribution in [1.29, 1.82) is 0 Å². The minimum Gasteiger partial charge on any atom is -0.497 e. The van der Waals surface area contributed by atoms with Gasteiger partial charge in [0.25, 0.3) is 0 Å². The van der Waals surface area contributed by atoms with Gasteiger partial charge in [-0.05, 0) is 37.1 Å². The van der Waals surface area contributed by atoms with Gasteiger partial charge in [0.2, 0.25) is 0 Å². The first-order valence-corrected chi connectivity index (χ1v) is 9.03. The number of anilines is 1.